The monoisotopic (exact) mass is 362 g/mol. The van der Waals surface area contributed by atoms with E-state index in [1.54, 1.807) is 6.92 Å². The second kappa shape index (κ2) is 8.41. The van der Waals surface area contributed by atoms with Crippen LogP contribution in [0.25, 0.3) is 0 Å². The lowest BCUT2D eigenvalue weighted by Crippen LogP contribution is -2.61. The zero-order chi connectivity index (χ0) is 18.7. The van der Waals surface area contributed by atoms with E-state index in [0.717, 1.165) is 0 Å². The first-order valence-electron chi connectivity index (χ1n) is 8.36. The summed E-state index contributed by atoms with van der Waals surface area (Å²) in [5.41, 5.74) is 0. The number of carbonyl (C=O) groups is 2. The number of carbonyl (C=O) groups excluding carboxylic acids is 2. The molecule has 2 N–H and O–H groups in total. The summed E-state index contributed by atoms with van der Waals surface area (Å²) in [6.45, 7) is 5.84. The van der Waals surface area contributed by atoms with Gasteiger partial charge in [-0.1, -0.05) is 0 Å². The molecule has 0 spiro atoms. The lowest BCUT2D eigenvalue weighted by atomic mass is 9.99. The molecule has 2 fully saturated rings. The van der Waals surface area contributed by atoms with Crippen LogP contribution in [0.2, 0.25) is 0 Å². The fourth-order valence-corrected chi connectivity index (χ4v) is 3.02. The van der Waals surface area contributed by atoms with Crippen molar-refractivity contribution in [1.82, 2.24) is 0 Å². The summed E-state index contributed by atoms with van der Waals surface area (Å²) in [6, 6.07) is 0. The Hall–Kier alpha value is -1.26. The molecule has 8 atom stereocenters. The van der Waals surface area contributed by atoms with Crippen molar-refractivity contribution in [1.29, 1.82) is 0 Å². The molecule has 0 aliphatic carbocycles. The molecule has 2 aliphatic rings. The number of aliphatic hydroxyl groups excluding tert-OH is 2. The normalized spacial score (nSPS) is 41.8. The second-order valence-electron chi connectivity index (χ2n) is 6.44. The van der Waals surface area contributed by atoms with Crippen molar-refractivity contribution in [3.8, 4) is 0 Å². The fraction of sp³-hybridized carbons (Fsp3) is 0.875. The second-order valence-corrected chi connectivity index (χ2v) is 6.44. The predicted octanol–water partition coefficient (Wildman–Crippen LogP) is -0.142. The van der Waals surface area contributed by atoms with Crippen molar-refractivity contribution in [3.63, 3.8) is 0 Å². The molecule has 2 heterocycles. The molecule has 0 radical (unpaired) electrons. The number of ether oxygens (including phenoxy) is 5. The molecule has 9 nitrogen and oxygen atoms in total. The van der Waals surface area contributed by atoms with Gasteiger partial charge in [-0.05, 0) is 26.7 Å². The van der Waals surface area contributed by atoms with Gasteiger partial charge in [-0.2, -0.15) is 0 Å². The Morgan fingerprint density at radius 3 is 2.12 bits per heavy atom. The molecule has 25 heavy (non-hydrogen) atoms. The van der Waals surface area contributed by atoms with Gasteiger partial charge >= 0.3 is 11.9 Å². The van der Waals surface area contributed by atoms with Crippen LogP contribution in [0.15, 0.2) is 0 Å². The van der Waals surface area contributed by atoms with Crippen LogP contribution in [0.4, 0.5) is 0 Å². The molecule has 2 aliphatic heterocycles. The van der Waals surface area contributed by atoms with Crippen LogP contribution in [-0.2, 0) is 33.3 Å². The zero-order valence-corrected chi connectivity index (χ0v) is 14.8. The van der Waals surface area contributed by atoms with Gasteiger partial charge in [0.2, 0.25) is 0 Å². The largest absolute Gasteiger partial charge is 0.457 e. The molecular formula is C16H26O9. The summed E-state index contributed by atoms with van der Waals surface area (Å²) in [4.78, 5) is 22.6. The van der Waals surface area contributed by atoms with E-state index in [9.17, 15) is 19.8 Å². The van der Waals surface area contributed by atoms with Crippen molar-refractivity contribution in [2.24, 2.45) is 0 Å². The molecule has 0 amide bonds. The van der Waals surface area contributed by atoms with Crippen molar-refractivity contribution >= 4 is 11.9 Å². The highest BCUT2D eigenvalue weighted by molar-refractivity contribution is 5.67. The fourth-order valence-electron chi connectivity index (χ4n) is 3.02. The van der Waals surface area contributed by atoms with Crippen LogP contribution >= 0.6 is 0 Å². The highest BCUT2D eigenvalue weighted by atomic mass is 16.7. The minimum Gasteiger partial charge on any atom is -0.457 e. The van der Waals surface area contributed by atoms with Gasteiger partial charge in [0.1, 0.15) is 12.2 Å². The average molecular weight is 362 g/mol. The Morgan fingerprint density at radius 2 is 1.56 bits per heavy atom. The van der Waals surface area contributed by atoms with Crippen molar-refractivity contribution in [3.05, 3.63) is 0 Å². The summed E-state index contributed by atoms with van der Waals surface area (Å²) < 4.78 is 26.9. The number of hydrogen-bond acceptors (Lipinski definition) is 9. The Morgan fingerprint density at radius 1 is 0.960 bits per heavy atom. The Balaban J connectivity index is 2.11. The topological polar surface area (TPSA) is 121 Å². The number of hydrogen-bond donors (Lipinski definition) is 2. The highest BCUT2D eigenvalue weighted by Gasteiger charge is 2.49. The van der Waals surface area contributed by atoms with Crippen molar-refractivity contribution in [2.45, 2.75) is 89.7 Å². The van der Waals surface area contributed by atoms with Crippen molar-refractivity contribution < 1.29 is 43.5 Å². The number of esters is 2. The van der Waals surface area contributed by atoms with E-state index in [0.29, 0.717) is 12.8 Å². The van der Waals surface area contributed by atoms with E-state index in [2.05, 4.69) is 0 Å². The zero-order valence-electron chi connectivity index (χ0n) is 14.8. The SMILES string of the molecule is CC(=O)OC1C(O)[C@@H](OC(C)=O)C(C)O[C@H]1O[C@H]1CCC(C)O[C@H]1O. The van der Waals surface area contributed by atoms with Gasteiger partial charge in [0, 0.05) is 13.8 Å². The quantitative estimate of drug-likeness (QED) is 0.658. The summed E-state index contributed by atoms with van der Waals surface area (Å²) in [5.74, 6) is -1.24. The summed E-state index contributed by atoms with van der Waals surface area (Å²) >= 11 is 0. The van der Waals surface area contributed by atoms with Crippen molar-refractivity contribution in [2.75, 3.05) is 0 Å². The lowest BCUT2D eigenvalue weighted by Gasteiger charge is -2.44. The van der Waals surface area contributed by atoms with E-state index in [4.69, 9.17) is 23.7 Å². The first kappa shape index (κ1) is 20.1. The molecule has 9 heteroatoms. The van der Waals surface area contributed by atoms with E-state index >= 15 is 0 Å². The minimum absolute atomic E-state index is 0.0933. The summed E-state index contributed by atoms with van der Waals surface area (Å²) in [5, 5.41) is 20.5. The van der Waals surface area contributed by atoms with Crippen LogP contribution in [-0.4, -0.2) is 71.4 Å². The number of rotatable bonds is 4. The predicted molar refractivity (Wildman–Crippen MR) is 82.1 cm³/mol. The average Bonchev–Trinajstić information content (AvgIpc) is 2.49. The summed E-state index contributed by atoms with van der Waals surface area (Å²) in [6.07, 6.45) is -6.10. The van der Waals surface area contributed by atoms with E-state index in [1.807, 2.05) is 6.92 Å². The van der Waals surface area contributed by atoms with Gasteiger partial charge in [-0.15, -0.1) is 0 Å². The molecule has 144 valence electrons. The molecule has 0 saturated carbocycles. The maximum atomic E-state index is 11.4. The Bertz CT molecular complexity index is 482. The molecule has 2 rings (SSSR count). The van der Waals surface area contributed by atoms with Gasteiger partial charge in [0.15, 0.2) is 24.8 Å². The molecule has 0 aromatic carbocycles. The third-order valence-corrected chi connectivity index (χ3v) is 4.21. The Kier molecular flexibility index (Phi) is 6.75. The molecular weight excluding hydrogens is 336 g/mol. The third kappa shape index (κ3) is 5.11. The van der Waals surface area contributed by atoms with Gasteiger partial charge in [-0.3, -0.25) is 9.59 Å². The van der Waals surface area contributed by atoms with Gasteiger partial charge in [-0.25, -0.2) is 0 Å². The molecule has 0 bridgehead atoms. The smallest absolute Gasteiger partial charge is 0.303 e. The highest BCUT2D eigenvalue weighted by Crippen LogP contribution is 2.30. The van der Waals surface area contributed by atoms with Gasteiger partial charge in [0.05, 0.1) is 12.2 Å². The maximum absolute atomic E-state index is 11.4. The molecule has 0 aromatic heterocycles. The lowest BCUT2D eigenvalue weighted by molar-refractivity contribution is -0.334. The number of aliphatic hydroxyl groups is 2. The van der Waals surface area contributed by atoms with Gasteiger partial charge in [0.25, 0.3) is 0 Å². The maximum Gasteiger partial charge on any atom is 0.303 e. The Labute approximate surface area is 146 Å². The van der Waals surface area contributed by atoms with Crippen LogP contribution < -0.4 is 0 Å². The molecule has 4 unspecified atom stereocenters. The van der Waals surface area contributed by atoms with Gasteiger partial charge < -0.3 is 33.9 Å². The minimum atomic E-state index is -1.33. The van der Waals surface area contributed by atoms with Crippen LogP contribution in [0.3, 0.4) is 0 Å². The van der Waals surface area contributed by atoms with E-state index < -0.39 is 55.0 Å². The van der Waals surface area contributed by atoms with E-state index in [-0.39, 0.29) is 6.10 Å². The van der Waals surface area contributed by atoms with Crippen LogP contribution in [0, 0.1) is 0 Å². The first-order chi connectivity index (χ1) is 11.7. The first-order valence-corrected chi connectivity index (χ1v) is 8.36. The third-order valence-electron chi connectivity index (χ3n) is 4.21. The molecule has 2 saturated heterocycles. The van der Waals surface area contributed by atoms with E-state index in [1.165, 1.54) is 13.8 Å². The van der Waals surface area contributed by atoms with Crippen LogP contribution in [0.1, 0.15) is 40.5 Å². The van der Waals surface area contributed by atoms with Crippen LogP contribution in [0.5, 0.6) is 0 Å². The summed E-state index contributed by atoms with van der Waals surface area (Å²) in [7, 11) is 0. The molecule has 0 aromatic rings. The standard InChI is InChI=1S/C16H26O9/c1-7-5-6-11(15(20)21-7)25-16-14(24-10(4)18)12(19)13(8(2)22-16)23-9(3)17/h7-8,11-16,19-20H,5-6H2,1-4H3/t7?,8?,11-,12?,13-,14?,15+,16-/m0/s1.